The van der Waals surface area contributed by atoms with Crippen LogP contribution < -0.4 is 9.16 Å². The van der Waals surface area contributed by atoms with E-state index < -0.39 is 8.32 Å². The molecule has 1 saturated heterocycles. The molecule has 0 amide bonds. The molecule has 2 aromatic rings. The molecule has 0 spiro atoms. The molecule has 0 aliphatic carbocycles. The summed E-state index contributed by atoms with van der Waals surface area (Å²) in [7, 11) is -0.218. The van der Waals surface area contributed by atoms with Crippen LogP contribution in [-0.2, 0) is 4.74 Å². The number of Topliss-reactive ketones (excluding diaryl/α,β-unsaturated/α-hetero) is 1. The molecule has 0 radical (unpaired) electrons. The highest BCUT2D eigenvalue weighted by Gasteiger charge is 2.39. The van der Waals surface area contributed by atoms with Gasteiger partial charge >= 0.3 is 0 Å². The number of hydrogen-bond acceptors (Lipinski definition) is 4. The first-order valence-electron chi connectivity index (χ1n) is 11.2. The van der Waals surface area contributed by atoms with Crippen LogP contribution in [0.1, 0.15) is 68.5 Å². The van der Waals surface area contributed by atoms with Crippen molar-refractivity contribution in [2.24, 2.45) is 0 Å². The molecule has 0 aromatic heterocycles. The number of ketones is 1. The lowest BCUT2D eigenvalue weighted by molar-refractivity contribution is -0.0508. The molecule has 0 bridgehead atoms. The van der Waals surface area contributed by atoms with Crippen LogP contribution in [0.3, 0.4) is 0 Å². The largest absolute Gasteiger partial charge is 0.544 e. The van der Waals surface area contributed by atoms with Crippen molar-refractivity contribution in [2.75, 3.05) is 7.11 Å². The average molecular weight is 441 g/mol. The lowest BCUT2D eigenvalue weighted by Gasteiger charge is -2.36. The molecule has 3 rings (SSSR count). The fourth-order valence-electron chi connectivity index (χ4n) is 3.59. The van der Waals surface area contributed by atoms with E-state index in [1.807, 2.05) is 36.4 Å². The Labute approximate surface area is 188 Å². The predicted octanol–water partition coefficient (Wildman–Crippen LogP) is 6.96. The molecule has 1 heterocycles. The van der Waals surface area contributed by atoms with Gasteiger partial charge in [0.05, 0.1) is 19.3 Å². The van der Waals surface area contributed by atoms with Crippen molar-refractivity contribution >= 4 is 14.1 Å². The van der Waals surface area contributed by atoms with Gasteiger partial charge in [0, 0.05) is 12.0 Å². The van der Waals surface area contributed by atoms with Crippen LogP contribution in [0.5, 0.6) is 11.5 Å². The number of ether oxygens (including phenoxy) is 2. The Kier molecular flexibility index (Phi) is 7.27. The third-order valence-corrected chi connectivity index (χ3v) is 11.0. The molecule has 31 heavy (non-hydrogen) atoms. The first-order valence-corrected chi connectivity index (χ1v) is 14.1. The van der Waals surface area contributed by atoms with Crippen LogP contribution in [0.15, 0.2) is 48.5 Å². The second-order valence-electron chi connectivity index (χ2n) is 9.96. The zero-order valence-electron chi connectivity index (χ0n) is 19.7. The Morgan fingerprint density at radius 3 is 2.19 bits per heavy atom. The first kappa shape index (κ1) is 23.5. The van der Waals surface area contributed by atoms with Crippen molar-refractivity contribution in [2.45, 2.75) is 76.8 Å². The summed E-state index contributed by atoms with van der Waals surface area (Å²) in [4.78, 5) is 12.9. The molecule has 1 aliphatic heterocycles. The minimum atomic E-state index is -1.88. The summed E-state index contributed by atoms with van der Waals surface area (Å²) in [5.41, 5.74) is 1.86. The van der Waals surface area contributed by atoms with Gasteiger partial charge in [0.1, 0.15) is 11.5 Å². The minimum Gasteiger partial charge on any atom is -0.544 e. The fraction of sp³-hybridized carbons (Fsp3) is 0.500. The second kappa shape index (κ2) is 9.57. The Morgan fingerprint density at radius 2 is 1.61 bits per heavy atom. The van der Waals surface area contributed by atoms with Crippen molar-refractivity contribution in [3.05, 3.63) is 59.7 Å². The van der Waals surface area contributed by atoms with E-state index >= 15 is 0 Å². The SMILES string of the molecule is COc1ccc([C@H]2CCC[C@@H](CC(=O)c3ccc(O[Si](C)(C)C(C)(C)C)cc3)O2)cc1. The van der Waals surface area contributed by atoms with Crippen molar-refractivity contribution in [3.63, 3.8) is 0 Å². The van der Waals surface area contributed by atoms with Crippen LogP contribution >= 0.6 is 0 Å². The number of methoxy groups -OCH3 is 1. The number of benzene rings is 2. The van der Waals surface area contributed by atoms with Crippen LogP contribution in [-0.4, -0.2) is 27.3 Å². The Bertz CT molecular complexity index is 866. The summed E-state index contributed by atoms with van der Waals surface area (Å²) in [5, 5.41) is 0.139. The highest BCUT2D eigenvalue weighted by Crippen LogP contribution is 2.37. The van der Waals surface area contributed by atoms with Gasteiger partial charge < -0.3 is 13.9 Å². The molecule has 1 fully saturated rings. The van der Waals surface area contributed by atoms with Gasteiger partial charge in [0.15, 0.2) is 5.78 Å². The zero-order chi connectivity index (χ0) is 22.6. The number of carbonyl (C=O) groups excluding carboxylic acids is 1. The second-order valence-corrected chi connectivity index (χ2v) is 14.7. The molecule has 1 aliphatic rings. The van der Waals surface area contributed by atoms with E-state index in [9.17, 15) is 4.79 Å². The van der Waals surface area contributed by atoms with E-state index in [1.165, 1.54) is 0 Å². The molecule has 5 heteroatoms. The monoisotopic (exact) mass is 440 g/mol. The fourth-order valence-corrected chi connectivity index (χ4v) is 4.63. The Balaban J connectivity index is 1.59. The molecule has 4 nitrogen and oxygen atoms in total. The van der Waals surface area contributed by atoms with Crippen LogP contribution in [0.2, 0.25) is 18.1 Å². The third kappa shape index (κ3) is 5.98. The molecule has 0 unspecified atom stereocenters. The lowest BCUT2D eigenvalue weighted by Crippen LogP contribution is -2.43. The van der Waals surface area contributed by atoms with Crippen LogP contribution in [0.4, 0.5) is 0 Å². The van der Waals surface area contributed by atoms with E-state index in [-0.39, 0.29) is 23.0 Å². The summed E-state index contributed by atoms with van der Waals surface area (Å²) in [6.45, 7) is 11.1. The van der Waals surface area contributed by atoms with Crippen molar-refractivity contribution in [3.8, 4) is 11.5 Å². The molecule has 168 valence electrons. The molecule has 0 saturated carbocycles. The molecule has 0 N–H and O–H groups in total. The topological polar surface area (TPSA) is 44.8 Å². The van der Waals surface area contributed by atoms with Gasteiger partial charge in [-0.2, -0.15) is 0 Å². The number of rotatable bonds is 7. The number of carbonyl (C=O) groups is 1. The summed E-state index contributed by atoms with van der Waals surface area (Å²) in [6, 6.07) is 15.6. The quantitative estimate of drug-likeness (QED) is 0.345. The van der Waals surface area contributed by atoms with Crippen LogP contribution in [0.25, 0.3) is 0 Å². The summed E-state index contributed by atoms with van der Waals surface area (Å²) in [6.07, 6.45) is 3.37. The average Bonchev–Trinajstić information content (AvgIpc) is 2.73. The van der Waals surface area contributed by atoms with Crippen LogP contribution in [0, 0.1) is 0 Å². The van der Waals surface area contributed by atoms with Gasteiger partial charge in [-0.05, 0) is 79.4 Å². The van der Waals surface area contributed by atoms with E-state index in [0.717, 1.165) is 41.9 Å². The van der Waals surface area contributed by atoms with Gasteiger partial charge in [-0.3, -0.25) is 4.79 Å². The van der Waals surface area contributed by atoms with E-state index in [0.29, 0.717) is 6.42 Å². The van der Waals surface area contributed by atoms with Crippen molar-refractivity contribution in [1.82, 2.24) is 0 Å². The first-order chi connectivity index (χ1) is 14.6. The normalized spacial score (nSPS) is 19.7. The van der Waals surface area contributed by atoms with Gasteiger partial charge in [-0.15, -0.1) is 0 Å². The van der Waals surface area contributed by atoms with Gasteiger partial charge in [0.25, 0.3) is 0 Å². The maximum Gasteiger partial charge on any atom is 0.250 e. The summed E-state index contributed by atoms with van der Waals surface area (Å²) in [5.74, 6) is 1.81. The van der Waals surface area contributed by atoms with E-state index in [2.05, 4.69) is 46.0 Å². The van der Waals surface area contributed by atoms with Gasteiger partial charge in [-0.1, -0.05) is 32.9 Å². The van der Waals surface area contributed by atoms with Crippen molar-refractivity contribution < 1.29 is 18.7 Å². The van der Waals surface area contributed by atoms with Gasteiger partial charge in [0.2, 0.25) is 8.32 Å². The van der Waals surface area contributed by atoms with Gasteiger partial charge in [-0.25, -0.2) is 0 Å². The number of hydrogen-bond donors (Lipinski definition) is 0. The highest BCUT2D eigenvalue weighted by molar-refractivity contribution is 6.74. The minimum absolute atomic E-state index is 0.0396. The Morgan fingerprint density at radius 1 is 1.00 bits per heavy atom. The molecule has 2 aromatic carbocycles. The molecular formula is C26H36O4Si. The summed E-state index contributed by atoms with van der Waals surface area (Å²) >= 11 is 0. The maximum absolute atomic E-state index is 12.9. The van der Waals surface area contributed by atoms with Crippen molar-refractivity contribution in [1.29, 1.82) is 0 Å². The maximum atomic E-state index is 12.9. The summed E-state index contributed by atoms with van der Waals surface area (Å²) < 4.78 is 17.8. The van der Waals surface area contributed by atoms with E-state index in [1.54, 1.807) is 7.11 Å². The zero-order valence-corrected chi connectivity index (χ0v) is 20.7. The third-order valence-electron chi connectivity index (χ3n) is 6.61. The predicted molar refractivity (Wildman–Crippen MR) is 128 cm³/mol. The molecule has 2 atom stereocenters. The van der Waals surface area contributed by atoms with E-state index in [4.69, 9.17) is 13.9 Å². The molecular weight excluding hydrogens is 404 g/mol. The highest BCUT2D eigenvalue weighted by atomic mass is 28.4. The lowest BCUT2D eigenvalue weighted by atomic mass is 9.95. The standard InChI is InChI=1S/C26H36O4Si/c1-26(2,3)31(5,6)30-22-16-10-19(11-17-22)24(27)18-23-8-7-9-25(29-23)20-12-14-21(28-4)15-13-20/h10-17,23,25H,7-9,18H2,1-6H3/t23-,25+/m0/s1. The Hall–Kier alpha value is -2.11. The smallest absolute Gasteiger partial charge is 0.250 e.